The van der Waals surface area contributed by atoms with Crippen molar-refractivity contribution in [2.45, 2.75) is 32.2 Å². The Kier molecular flexibility index (Phi) is 6.64. The average Bonchev–Trinajstić information content (AvgIpc) is 3.55. The van der Waals surface area contributed by atoms with Crippen LogP contribution in [0.2, 0.25) is 0 Å². The summed E-state index contributed by atoms with van der Waals surface area (Å²) in [5.41, 5.74) is 0.142. The first-order valence-electron chi connectivity index (χ1n) is 11.0. The summed E-state index contributed by atoms with van der Waals surface area (Å²) >= 11 is 0. The highest BCUT2D eigenvalue weighted by Crippen LogP contribution is 2.39. The maximum absolute atomic E-state index is 14.3. The summed E-state index contributed by atoms with van der Waals surface area (Å²) in [4.78, 5) is 30.0. The fourth-order valence-corrected chi connectivity index (χ4v) is 4.12. The van der Waals surface area contributed by atoms with Gasteiger partial charge in [-0.1, -0.05) is 12.1 Å². The zero-order valence-electron chi connectivity index (χ0n) is 19.6. The van der Waals surface area contributed by atoms with E-state index >= 15 is 0 Å². The number of carbonyl (C=O) groups is 1. The molecule has 0 aliphatic carbocycles. The molecular weight excluding hydrogens is 469 g/mol. The SMILES string of the molecule is CCn1cc(C(c2cc(F)ccc2C#N)C(C)c2nc(C(=O)Nc3cnoc3)c(O)c(=O)n2C)cn1. The quantitative estimate of drug-likeness (QED) is 0.400. The number of carbonyl (C=O) groups excluding carboxylic acids is 1. The highest BCUT2D eigenvalue weighted by atomic mass is 19.1. The monoisotopic (exact) mass is 491 g/mol. The molecule has 1 amide bonds. The zero-order chi connectivity index (χ0) is 26.0. The van der Waals surface area contributed by atoms with E-state index in [1.165, 1.54) is 37.7 Å². The molecule has 4 rings (SSSR count). The van der Waals surface area contributed by atoms with Crippen LogP contribution >= 0.6 is 0 Å². The number of nitrogens with one attached hydrogen (secondary N) is 1. The van der Waals surface area contributed by atoms with Crippen LogP contribution in [0.5, 0.6) is 5.75 Å². The molecule has 184 valence electrons. The summed E-state index contributed by atoms with van der Waals surface area (Å²) in [5, 5.41) is 30.4. The molecule has 0 radical (unpaired) electrons. The summed E-state index contributed by atoms with van der Waals surface area (Å²) in [7, 11) is 1.41. The van der Waals surface area contributed by atoms with Gasteiger partial charge >= 0.3 is 0 Å². The number of aryl methyl sites for hydroxylation is 1. The van der Waals surface area contributed by atoms with Crippen molar-refractivity contribution in [3.8, 4) is 11.8 Å². The van der Waals surface area contributed by atoms with E-state index < -0.39 is 40.6 Å². The Morgan fingerprint density at radius 2 is 2.14 bits per heavy atom. The topological polar surface area (TPSA) is 152 Å². The van der Waals surface area contributed by atoms with Crippen LogP contribution in [-0.2, 0) is 13.6 Å². The molecule has 0 bridgehead atoms. The van der Waals surface area contributed by atoms with Gasteiger partial charge in [-0.05, 0) is 36.2 Å². The summed E-state index contributed by atoms with van der Waals surface area (Å²) in [6, 6.07) is 5.93. The number of nitrogens with zero attached hydrogens (tertiary/aromatic N) is 6. The second-order valence-corrected chi connectivity index (χ2v) is 8.14. The van der Waals surface area contributed by atoms with Crippen molar-refractivity contribution in [2.75, 3.05) is 5.32 Å². The number of aromatic nitrogens is 5. The van der Waals surface area contributed by atoms with E-state index in [2.05, 4.69) is 31.1 Å². The van der Waals surface area contributed by atoms with E-state index in [4.69, 9.17) is 0 Å². The lowest BCUT2D eigenvalue weighted by atomic mass is 9.80. The number of nitriles is 1. The van der Waals surface area contributed by atoms with Crippen LogP contribution in [0.15, 0.2) is 52.4 Å². The molecule has 11 nitrogen and oxygen atoms in total. The number of benzene rings is 1. The van der Waals surface area contributed by atoms with Crippen LogP contribution in [0.4, 0.5) is 10.1 Å². The average molecular weight is 491 g/mol. The van der Waals surface area contributed by atoms with Crippen molar-refractivity contribution in [3.05, 3.63) is 87.4 Å². The Morgan fingerprint density at radius 1 is 1.36 bits per heavy atom. The lowest BCUT2D eigenvalue weighted by molar-refractivity contribution is 0.101. The Labute approximate surface area is 204 Å². The third kappa shape index (κ3) is 4.46. The lowest BCUT2D eigenvalue weighted by Crippen LogP contribution is -2.29. The summed E-state index contributed by atoms with van der Waals surface area (Å²) < 4.78 is 21.8. The van der Waals surface area contributed by atoms with Crippen LogP contribution < -0.4 is 10.9 Å². The van der Waals surface area contributed by atoms with Gasteiger partial charge < -0.3 is 14.9 Å². The van der Waals surface area contributed by atoms with E-state index in [0.29, 0.717) is 17.7 Å². The van der Waals surface area contributed by atoms with Crippen molar-refractivity contribution in [1.29, 1.82) is 5.26 Å². The maximum atomic E-state index is 14.3. The summed E-state index contributed by atoms with van der Waals surface area (Å²) in [6.45, 7) is 4.22. The smallest absolute Gasteiger partial charge is 0.296 e. The van der Waals surface area contributed by atoms with Crippen molar-refractivity contribution in [1.82, 2.24) is 24.5 Å². The van der Waals surface area contributed by atoms with Gasteiger partial charge in [0.25, 0.3) is 11.5 Å². The standard InChI is InChI=1S/C24H22FN7O4/c1-4-32-11-15(9-27-32)19(18-7-16(25)6-5-14(18)8-26)13(2)22-30-20(21(33)24(35)31(22)3)23(34)29-17-10-28-36-12-17/h5-7,9-13,19,33H,4H2,1-3H3,(H,29,34). The molecule has 4 aromatic rings. The van der Waals surface area contributed by atoms with E-state index in [-0.39, 0.29) is 17.1 Å². The molecule has 0 fully saturated rings. The third-order valence-corrected chi connectivity index (χ3v) is 5.92. The maximum Gasteiger partial charge on any atom is 0.296 e. The number of hydrogen-bond donors (Lipinski definition) is 2. The molecule has 12 heteroatoms. The van der Waals surface area contributed by atoms with Gasteiger partial charge in [0, 0.05) is 31.6 Å². The number of aromatic hydroxyl groups is 1. The van der Waals surface area contributed by atoms with Crippen molar-refractivity contribution in [3.63, 3.8) is 0 Å². The minimum atomic E-state index is -0.847. The Bertz CT molecular complexity index is 1520. The number of halogens is 1. The molecule has 3 heterocycles. The van der Waals surface area contributed by atoms with Crippen molar-refractivity contribution in [2.24, 2.45) is 7.05 Å². The molecule has 0 aliphatic heterocycles. The molecule has 3 aromatic heterocycles. The fourth-order valence-electron chi connectivity index (χ4n) is 4.12. The van der Waals surface area contributed by atoms with Crippen LogP contribution in [-0.4, -0.2) is 35.5 Å². The van der Waals surface area contributed by atoms with Crippen LogP contribution in [0.25, 0.3) is 0 Å². The first-order valence-corrected chi connectivity index (χ1v) is 11.0. The van der Waals surface area contributed by atoms with Gasteiger partial charge in [0.1, 0.15) is 23.6 Å². The van der Waals surface area contributed by atoms with E-state index in [1.807, 2.05) is 6.92 Å². The number of hydrogen-bond acceptors (Lipinski definition) is 8. The Morgan fingerprint density at radius 3 is 2.78 bits per heavy atom. The number of rotatable bonds is 7. The first kappa shape index (κ1) is 24.3. The molecule has 2 atom stereocenters. The van der Waals surface area contributed by atoms with Gasteiger partial charge in [-0.25, -0.2) is 9.37 Å². The van der Waals surface area contributed by atoms with Gasteiger partial charge in [-0.3, -0.25) is 18.8 Å². The molecule has 0 aliphatic rings. The second kappa shape index (κ2) is 9.83. The first-order chi connectivity index (χ1) is 17.2. The molecule has 0 saturated heterocycles. The Balaban J connectivity index is 1.88. The molecule has 1 aromatic carbocycles. The zero-order valence-corrected chi connectivity index (χ0v) is 19.6. The highest BCUT2D eigenvalue weighted by molar-refractivity contribution is 6.04. The highest BCUT2D eigenvalue weighted by Gasteiger charge is 2.31. The van der Waals surface area contributed by atoms with Gasteiger partial charge in [-0.2, -0.15) is 10.4 Å². The molecule has 0 saturated carbocycles. The second-order valence-electron chi connectivity index (χ2n) is 8.14. The fraction of sp³-hybridized carbons (Fsp3) is 0.250. The molecule has 2 unspecified atom stereocenters. The molecule has 36 heavy (non-hydrogen) atoms. The van der Waals surface area contributed by atoms with Gasteiger partial charge in [0.05, 0.1) is 24.0 Å². The predicted octanol–water partition coefficient (Wildman–Crippen LogP) is 2.89. The van der Waals surface area contributed by atoms with Crippen molar-refractivity contribution >= 4 is 11.6 Å². The molecular formula is C24H22FN7O4. The Hall–Kier alpha value is -4.79. The third-order valence-electron chi connectivity index (χ3n) is 5.92. The van der Waals surface area contributed by atoms with Crippen LogP contribution in [0.3, 0.4) is 0 Å². The number of anilines is 1. The van der Waals surface area contributed by atoms with Crippen molar-refractivity contribution < 1.29 is 18.8 Å². The predicted molar refractivity (Wildman–Crippen MR) is 125 cm³/mol. The van der Waals surface area contributed by atoms with Crippen LogP contribution in [0.1, 0.15) is 58.7 Å². The number of amides is 1. The minimum Gasteiger partial charge on any atom is -0.501 e. The minimum absolute atomic E-state index is 0.135. The van der Waals surface area contributed by atoms with Gasteiger partial charge in [0.2, 0.25) is 5.75 Å². The van der Waals surface area contributed by atoms with Crippen LogP contribution in [0, 0.1) is 17.1 Å². The van der Waals surface area contributed by atoms with Gasteiger partial charge in [0.15, 0.2) is 5.69 Å². The largest absolute Gasteiger partial charge is 0.501 e. The normalized spacial score (nSPS) is 12.6. The van der Waals surface area contributed by atoms with E-state index in [9.17, 15) is 24.3 Å². The lowest BCUT2D eigenvalue weighted by Gasteiger charge is -2.26. The van der Waals surface area contributed by atoms with Gasteiger partial charge in [-0.15, -0.1) is 0 Å². The summed E-state index contributed by atoms with van der Waals surface area (Å²) in [5.74, 6) is -3.40. The molecule has 0 spiro atoms. The van der Waals surface area contributed by atoms with E-state index in [1.54, 1.807) is 24.0 Å². The van der Waals surface area contributed by atoms with E-state index in [0.717, 1.165) is 4.57 Å². The molecule has 2 N–H and O–H groups in total. The summed E-state index contributed by atoms with van der Waals surface area (Å²) in [6.07, 6.45) is 5.79.